The minimum Gasteiger partial charge on any atom is -0.384 e. The molecule has 0 aromatic heterocycles. The SMILES string of the molecule is CCN(CC(C)C#N)C(=O)C1CNc2ccccc2C1. The lowest BCUT2D eigenvalue weighted by Gasteiger charge is -2.30. The molecule has 0 saturated carbocycles. The van der Waals surface area contributed by atoms with E-state index in [1.807, 2.05) is 32.0 Å². The number of amides is 1. The van der Waals surface area contributed by atoms with Crippen LogP contribution in [0.4, 0.5) is 5.69 Å². The molecule has 4 heteroatoms. The van der Waals surface area contributed by atoms with Crippen LogP contribution in [0.3, 0.4) is 0 Å². The molecular formula is C16H21N3O. The second kappa shape index (κ2) is 6.42. The maximum absolute atomic E-state index is 12.6. The number of carbonyl (C=O) groups is 1. The third-order valence-corrected chi connectivity index (χ3v) is 3.78. The quantitative estimate of drug-likeness (QED) is 0.914. The third-order valence-electron chi connectivity index (χ3n) is 3.78. The number of hydrogen-bond donors (Lipinski definition) is 1. The van der Waals surface area contributed by atoms with Crippen molar-refractivity contribution in [1.29, 1.82) is 5.26 Å². The maximum atomic E-state index is 12.6. The lowest BCUT2D eigenvalue weighted by atomic mass is 9.92. The third kappa shape index (κ3) is 3.11. The van der Waals surface area contributed by atoms with Crippen molar-refractivity contribution in [3.05, 3.63) is 29.8 Å². The van der Waals surface area contributed by atoms with Crippen molar-refractivity contribution >= 4 is 11.6 Å². The summed E-state index contributed by atoms with van der Waals surface area (Å²) in [5.74, 6) is -0.00455. The summed E-state index contributed by atoms with van der Waals surface area (Å²) in [5.41, 5.74) is 2.33. The lowest BCUT2D eigenvalue weighted by Crippen LogP contribution is -2.43. The van der Waals surface area contributed by atoms with Crippen LogP contribution in [-0.2, 0) is 11.2 Å². The summed E-state index contributed by atoms with van der Waals surface area (Å²) in [5, 5.41) is 12.2. The number of benzene rings is 1. The maximum Gasteiger partial charge on any atom is 0.227 e. The van der Waals surface area contributed by atoms with E-state index >= 15 is 0 Å². The van der Waals surface area contributed by atoms with Crippen LogP contribution in [0.1, 0.15) is 19.4 Å². The van der Waals surface area contributed by atoms with E-state index < -0.39 is 0 Å². The Morgan fingerprint density at radius 1 is 1.55 bits per heavy atom. The minimum absolute atomic E-state index is 0.0317. The van der Waals surface area contributed by atoms with E-state index in [-0.39, 0.29) is 17.7 Å². The molecule has 0 spiro atoms. The molecule has 1 aromatic rings. The van der Waals surface area contributed by atoms with E-state index in [0.29, 0.717) is 19.6 Å². The summed E-state index contributed by atoms with van der Waals surface area (Å²) < 4.78 is 0. The van der Waals surface area contributed by atoms with Crippen molar-refractivity contribution < 1.29 is 4.79 Å². The van der Waals surface area contributed by atoms with E-state index in [1.165, 1.54) is 5.56 Å². The van der Waals surface area contributed by atoms with Gasteiger partial charge in [0.05, 0.1) is 17.9 Å². The van der Waals surface area contributed by atoms with Crippen molar-refractivity contribution in [1.82, 2.24) is 4.90 Å². The average molecular weight is 271 g/mol. The summed E-state index contributed by atoms with van der Waals surface area (Å²) in [6.07, 6.45) is 0.777. The molecule has 1 aliphatic heterocycles. The Labute approximate surface area is 120 Å². The topological polar surface area (TPSA) is 56.1 Å². The molecule has 0 radical (unpaired) electrons. The van der Waals surface area contributed by atoms with Gasteiger partial charge in [-0.05, 0) is 31.9 Å². The monoisotopic (exact) mass is 271 g/mol. The molecule has 0 bridgehead atoms. The first-order valence-electron chi connectivity index (χ1n) is 7.15. The predicted octanol–water partition coefficient (Wildman–Crippen LogP) is 2.28. The number of para-hydroxylation sites is 1. The van der Waals surface area contributed by atoms with Gasteiger partial charge in [-0.3, -0.25) is 4.79 Å². The zero-order valence-corrected chi connectivity index (χ0v) is 12.1. The van der Waals surface area contributed by atoms with Crippen LogP contribution in [0.2, 0.25) is 0 Å². The van der Waals surface area contributed by atoms with E-state index in [0.717, 1.165) is 12.1 Å². The number of nitrogens with one attached hydrogen (secondary N) is 1. The van der Waals surface area contributed by atoms with Crippen LogP contribution in [0, 0.1) is 23.2 Å². The number of fused-ring (bicyclic) bond motifs is 1. The summed E-state index contributed by atoms with van der Waals surface area (Å²) >= 11 is 0. The number of rotatable bonds is 4. The molecule has 2 rings (SSSR count). The molecule has 1 aliphatic rings. The average Bonchev–Trinajstić information content (AvgIpc) is 2.51. The zero-order chi connectivity index (χ0) is 14.5. The smallest absolute Gasteiger partial charge is 0.227 e. The fourth-order valence-electron chi connectivity index (χ4n) is 2.62. The Kier molecular flexibility index (Phi) is 4.62. The van der Waals surface area contributed by atoms with Gasteiger partial charge < -0.3 is 10.2 Å². The van der Waals surface area contributed by atoms with Crippen molar-refractivity contribution in [2.45, 2.75) is 20.3 Å². The number of carbonyl (C=O) groups excluding carboxylic acids is 1. The van der Waals surface area contributed by atoms with Gasteiger partial charge >= 0.3 is 0 Å². The second-order valence-corrected chi connectivity index (χ2v) is 5.35. The highest BCUT2D eigenvalue weighted by molar-refractivity contribution is 5.81. The fraction of sp³-hybridized carbons (Fsp3) is 0.500. The highest BCUT2D eigenvalue weighted by atomic mass is 16.2. The van der Waals surface area contributed by atoms with Crippen LogP contribution >= 0.6 is 0 Å². The Morgan fingerprint density at radius 3 is 3.00 bits per heavy atom. The summed E-state index contributed by atoms with van der Waals surface area (Å²) in [4.78, 5) is 14.4. The lowest BCUT2D eigenvalue weighted by molar-refractivity contribution is -0.135. The Hall–Kier alpha value is -2.02. The highest BCUT2D eigenvalue weighted by Gasteiger charge is 2.28. The van der Waals surface area contributed by atoms with E-state index in [4.69, 9.17) is 5.26 Å². The molecule has 106 valence electrons. The summed E-state index contributed by atoms with van der Waals surface area (Å²) in [6, 6.07) is 10.3. The van der Waals surface area contributed by atoms with E-state index in [2.05, 4.69) is 17.5 Å². The number of hydrogen-bond acceptors (Lipinski definition) is 3. The molecule has 1 aromatic carbocycles. The molecule has 1 heterocycles. The van der Waals surface area contributed by atoms with Crippen molar-refractivity contribution in [2.24, 2.45) is 11.8 Å². The zero-order valence-electron chi connectivity index (χ0n) is 12.1. The molecule has 2 atom stereocenters. The van der Waals surface area contributed by atoms with Gasteiger partial charge in [0, 0.05) is 25.3 Å². The van der Waals surface area contributed by atoms with Gasteiger partial charge in [-0.1, -0.05) is 18.2 Å². The Morgan fingerprint density at radius 2 is 2.30 bits per heavy atom. The van der Waals surface area contributed by atoms with Crippen LogP contribution in [0.25, 0.3) is 0 Å². The molecule has 2 unspecified atom stereocenters. The first kappa shape index (κ1) is 14.4. The van der Waals surface area contributed by atoms with Gasteiger partial charge in [0.15, 0.2) is 0 Å². The molecular weight excluding hydrogens is 250 g/mol. The van der Waals surface area contributed by atoms with Gasteiger partial charge in [-0.15, -0.1) is 0 Å². The first-order valence-corrected chi connectivity index (χ1v) is 7.15. The second-order valence-electron chi connectivity index (χ2n) is 5.35. The number of anilines is 1. The Bertz CT molecular complexity index is 521. The molecule has 0 saturated heterocycles. The van der Waals surface area contributed by atoms with Gasteiger partial charge in [-0.25, -0.2) is 0 Å². The van der Waals surface area contributed by atoms with Gasteiger partial charge in [0.1, 0.15) is 0 Å². The number of nitriles is 1. The molecule has 20 heavy (non-hydrogen) atoms. The van der Waals surface area contributed by atoms with Crippen LogP contribution in [-0.4, -0.2) is 30.4 Å². The summed E-state index contributed by atoms with van der Waals surface area (Å²) in [6.45, 7) is 5.66. The van der Waals surface area contributed by atoms with Gasteiger partial charge in [0.2, 0.25) is 5.91 Å². The standard InChI is InChI=1S/C16H21N3O/c1-3-19(11-12(2)9-17)16(20)14-8-13-6-4-5-7-15(13)18-10-14/h4-7,12,14,18H,3,8,10-11H2,1-2H3. The minimum atomic E-state index is -0.122. The molecule has 0 aliphatic carbocycles. The van der Waals surface area contributed by atoms with Crippen molar-refractivity contribution in [3.63, 3.8) is 0 Å². The molecule has 0 fully saturated rings. The van der Waals surface area contributed by atoms with E-state index in [9.17, 15) is 4.79 Å². The number of nitrogens with zero attached hydrogens (tertiary/aromatic N) is 2. The van der Waals surface area contributed by atoms with Crippen LogP contribution in [0.15, 0.2) is 24.3 Å². The molecule has 1 N–H and O–H groups in total. The largest absolute Gasteiger partial charge is 0.384 e. The van der Waals surface area contributed by atoms with Crippen LogP contribution < -0.4 is 5.32 Å². The van der Waals surface area contributed by atoms with Crippen molar-refractivity contribution in [3.8, 4) is 6.07 Å². The van der Waals surface area contributed by atoms with Gasteiger partial charge in [0.25, 0.3) is 0 Å². The Balaban J connectivity index is 2.05. The predicted molar refractivity (Wildman–Crippen MR) is 79.2 cm³/mol. The van der Waals surface area contributed by atoms with Crippen molar-refractivity contribution in [2.75, 3.05) is 25.0 Å². The van der Waals surface area contributed by atoms with E-state index in [1.54, 1.807) is 4.90 Å². The summed E-state index contributed by atoms with van der Waals surface area (Å²) in [7, 11) is 0. The van der Waals surface area contributed by atoms with Gasteiger partial charge in [-0.2, -0.15) is 5.26 Å². The normalized spacial score (nSPS) is 18.4. The highest BCUT2D eigenvalue weighted by Crippen LogP contribution is 2.25. The molecule has 1 amide bonds. The van der Waals surface area contributed by atoms with Crippen LogP contribution in [0.5, 0.6) is 0 Å². The first-order chi connectivity index (χ1) is 9.65. The fourth-order valence-corrected chi connectivity index (χ4v) is 2.62. The molecule has 4 nitrogen and oxygen atoms in total.